The molecule has 2 N–H and O–H groups in total. The van der Waals surface area contributed by atoms with Crippen LogP contribution >= 0.6 is 0 Å². The topological polar surface area (TPSA) is 74.6 Å². The van der Waals surface area contributed by atoms with Crippen LogP contribution in [0.4, 0.5) is 11.4 Å². The van der Waals surface area contributed by atoms with Crippen molar-refractivity contribution in [3.05, 3.63) is 187 Å². The average Bonchev–Trinajstić information content (AvgIpc) is 3.47. The van der Waals surface area contributed by atoms with Crippen molar-refractivity contribution in [1.82, 2.24) is 15.0 Å². The summed E-state index contributed by atoms with van der Waals surface area (Å²) in [5, 5.41) is 12.0. The second-order valence-corrected chi connectivity index (χ2v) is 14.2. The van der Waals surface area contributed by atoms with E-state index < -0.39 is 0 Å². The van der Waals surface area contributed by atoms with E-state index in [0.717, 1.165) is 50.3 Å². The number of benzene rings is 7. The molecule has 0 radical (unpaired) electrons. The summed E-state index contributed by atoms with van der Waals surface area (Å²) < 4.78 is 0. The van der Waals surface area contributed by atoms with Crippen LogP contribution in [0.3, 0.4) is 0 Å². The predicted octanol–water partition coefficient (Wildman–Crippen LogP) is 12.3. The van der Waals surface area contributed by atoms with Crippen LogP contribution in [0.15, 0.2) is 170 Å². The van der Waals surface area contributed by atoms with Gasteiger partial charge in [-0.25, -0.2) is 15.0 Å². The van der Waals surface area contributed by atoms with Gasteiger partial charge in [0.2, 0.25) is 0 Å². The molecule has 0 bridgehead atoms. The highest BCUT2D eigenvalue weighted by Gasteiger charge is 2.37. The molecule has 0 amide bonds. The Morgan fingerprint density at radius 1 is 0.463 bits per heavy atom. The van der Waals surface area contributed by atoms with Gasteiger partial charge in [0.15, 0.2) is 17.5 Å². The number of nitrogens with zero attached hydrogens (tertiary/aromatic N) is 3. The summed E-state index contributed by atoms with van der Waals surface area (Å²) in [6.07, 6.45) is 1.49. The second-order valence-electron chi connectivity index (χ2n) is 14.2. The van der Waals surface area contributed by atoms with Crippen molar-refractivity contribution >= 4 is 17.6 Å². The highest BCUT2D eigenvalue weighted by Crippen LogP contribution is 2.51. The molecule has 5 heteroatoms. The van der Waals surface area contributed by atoms with Gasteiger partial charge in [0.25, 0.3) is 0 Å². The normalized spacial score (nSPS) is 12.5. The Hall–Kier alpha value is -6.98. The molecule has 258 valence electrons. The molecule has 54 heavy (non-hydrogen) atoms. The zero-order valence-electron chi connectivity index (χ0n) is 30.1. The molecule has 9 rings (SSSR count). The van der Waals surface area contributed by atoms with E-state index in [1.807, 2.05) is 36.4 Å². The molecule has 0 saturated carbocycles. The summed E-state index contributed by atoms with van der Waals surface area (Å²) in [4.78, 5) is 14.9. The number of anilines is 2. The molecule has 0 atom stereocenters. The molecular formula is C49H37N5. The number of hydrogen-bond acceptors (Lipinski definition) is 5. The van der Waals surface area contributed by atoms with Gasteiger partial charge in [-0.2, -0.15) is 0 Å². The molecule has 8 aromatic rings. The van der Waals surface area contributed by atoms with Gasteiger partial charge in [0.05, 0.1) is 0 Å². The summed E-state index contributed by atoms with van der Waals surface area (Å²) in [5.41, 5.74) is 14.8. The van der Waals surface area contributed by atoms with E-state index in [1.165, 1.54) is 34.0 Å². The number of aromatic nitrogens is 3. The fourth-order valence-electron chi connectivity index (χ4n) is 7.71. The number of rotatable bonds is 8. The van der Waals surface area contributed by atoms with Crippen molar-refractivity contribution in [3.63, 3.8) is 0 Å². The van der Waals surface area contributed by atoms with Crippen LogP contribution in [0.25, 0.3) is 67.5 Å². The highest BCUT2D eigenvalue weighted by atomic mass is 15.0. The van der Waals surface area contributed by atoms with E-state index in [4.69, 9.17) is 20.4 Å². The lowest BCUT2D eigenvalue weighted by atomic mass is 9.80. The third-order valence-corrected chi connectivity index (χ3v) is 10.4. The third kappa shape index (κ3) is 5.96. The van der Waals surface area contributed by atoms with Gasteiger partial charge in [-0.1, -0.05) is 159 Å². The molecule has 5 nitrogen and oxygen atoms in total. The number of fused-ring (bicyclic) bond motifs is 3. The number of nitrogens with one attached hydrogen (secondary N) is 2. The van der Waals surface area contributed by atoms with Gasteiger partial charge >= 0.3 is 0 Å². The Kier molecular flexibility index (Phi) is 8.24. The van der Waals surface area contributed by atoms with E-state index >= 15 is 0 Å². The zero-order valence-corrected chi connectivity index (χ0v) is 30.1. The first-order valence-corrected chi connectivity index (χ1v) is 18.2. The average molecular weight is 696 g/mol. The second kappa shape index (κ2) is 13.5. The van der Waals surface area contributed by atoms with Crippen LogP contribution < -0.4 is 5.32 Å². The molecule has 1 aromatic heterocycles. The van der Waals surface area contributed by atoms with Crippen LogP contribution in [0.5, 0.6) is 0 Å². The van der Waals surface area contributed by atoms with Crippen molar-refractivity contribution in [2.45, 2.75) is 19.3 Å². The molecule has 0 unspecified atom stereocenters. The largest absolute Gasteiger partial charge is 0.355 e. The minimum absolute atomic E-state index is 0.195. The van der Waals surface area contributed by atoms with E-state index in [1.54, 1.807) is 0 Å². The third-order valence-electron chi connectivity index (χ3n) is 10.4. The van der Waals surface area contributed by atoms with Crippen LogP contribution in [-0.2, 0) is 5.41 Å². The van der Waals surface area contributed by atoms with Crippen LogP contribution in [0, 0.1) is 5.41 Å². The maximum Gasteiger partial charge on any atom is 0.164 e. The molecule has 0 aliphatic heterocycles. The minimum atomic E-state index is -0.195. The van der Waals surface area contributed by atoms with Gasteiger partial charge in [-0.05, 0) is 68.8 Å². The molecule has 0 fully saturated rings. The molecule has 7 aromatic carbocycles. The van der Waals surface area contributed by atoms with Crippen molar-refractivity contribution in [1.29, 1.82) is 5.41 Å². The summed E-state index contributed by atoms with van der Waals surface area (Å²) in [6.45, 7) is 4.50. The fraction of sp³-hybridized carbons (Fsp3) is 0.0612. The van der Waals surface area contributed by atoms with Gasteiger partial charge in [-0.15, -0.1) is 0 Å². The van der Waals surface area contributed by atoms with E-state index in [2.05, 4.69) is 153 Å². The lowest BCUT2D eigenvalue weighted by Crippen LogP contribution is -2.18. The predicted molar refractivity (Wildman–Crippen MR) is 222 cm³/mol. The molecule has 0 saturated heterocycles. The lowest BCUT2D eigenvalue weighted by molar-refractivity contribution is 0.659. The van der Waals surface area contributed by atoms with Crippen molar-refractivity contribution in [3.8, 4) is 67.5 Å². The highest BCUT2D eigenvalue weighted by molar-refractivity contribution is 5.97. The van der Waals surface area contributed by atoms with Gasteiger partial charge < -0.3 is 10.7 Å². The lowest BCUT2D eigenvalue weighted by Gasteiger charge is -2.24. The molecule has 0 spiro atoms. The van der Waals surface area contributed by atoms with E-state index in [-0.39, 0.29) is 5.41 Å². The molecule has 1 aliphatic rings. The fourth-order valence-corrected chi connectivity index (χ4v) is 7.71. The van der Waals surface area contributed by atoms with Crippen molar-refractivity contribution in [2.24, 2.45) is 0 Å². The minimum Gasteiger partial charge on any atom is -0.355 e. The van der Waals surface area contributed by atoms with Crippen LogP contribution in [-0.4, -0.2) is 21.2 Å². The molecule has 1 aliphatic carbocycles. The first-order chi connectivity index (χ1) is 26.5. The van der Waals surface area contributed by atoms with E-state index in [0.29, 0.717) is 17.5 Å². The quantitative estimate of drug-likeness (QED) is 0.155. The van der Waals surface area contributed by atoms with Gasteiger partial charge in [0.1, 0.15) is 0 Å². The Labute approximate surface area is 315 Å². The number of hydrogen-bond donors (Lipinski definition) is 2. The Morgan fingerprint density at radius 2 is 0.963 bits per heavy atom. The first-order valence-electron chi connectivity index (χ1n) is 18.2. The van der Waals surface area contributed by atoms with Crippen molar-refractivity contribution < 1.29 is 0 Å². The van der Waals surface area contributed by atoms with E-state index in [9.17, 15) is 0 Å². The summed E-state index contributed by atoms with van der Waals surface area (Å²) in [6, 6.07) is 58.5. The standard InChI is InChI=1S/C49H37N5/c1-49(2)43-19-10-9-18-40(43)41-28-29-44(42(31-50)45(41)49)51-39-26-24-34(25-27-39)37-16-11-17-38(30-37)48-53-46(35-14-7-4-8-15-35)52-47(54-48)36-22-20-33(21-23-36)32-12-5-3-6-13-32/h3-31,50-51H,1-2H3. The zero-order chi connectivity index (χ0) is 36.6. The molecular weight excluding hydrogens is 659 g/mol. The monoisotopic (exact) mass is 695 g/mol. The SMILES string of the molecule is CC1(C)c2ccccc2-c2ccc(Nc3ccc(-c4cccc(-c5nc(-c6ccccc6)nc(-c6ccc(-c7ccccc7)cc6)n5)c4)cc3)c(C=N)c21. The maximum atomic E-state index is 8.43. The Bertz CT molecular complexity index is 2650. The van der Waals surface area contributed by atoms with Crippen LogP contribution in [0.1, 0.15) is 30.5 Å². The van der Waals surface area contributed by atoms with Crippen LogP contribution in [0.2, 0.25) is 0 Å². The first kappa shape index (κ1) is 32.9. The van der Waals surface area contributed by atoms with Crippen molar-refractivity contribution in [2.75, 3.05) is 5.32 Å². The molecule has 1 heterocycles. The van der Waals surface area contributed by atoms with Gasteiger partial charge in [0, 0.05) is 45.3 Å². The summed E-state index contributed by atoms with van der Waals surface area (Å²) in [5.74, 6) is 1.88. The smallest absolute Gasteiger partial charge is 0.164 e. The Balaban J connectivity index is 1.02. The summed E-state index contributed by atoms with van der Waals surface area (Å²) >= 11 is 0. The van der Waals surface area contributed by atoms with Gasteiger partial charge in [-0.3, -0.25) is 0 Å². The maximum absolute atomic E-state index is 8.43. The summed E-state index contributed by atoms with van der Waals surface area (Å²) in [7, 11) is 0. The Morgan fingerprint density at radius 3 is 1.65 bits per heavy atom.